The van der Waals surface area contributed by atoms with E-state index in [2.05, 4.69) is 5.32 Å². The second-order valence-corrected chi connectivity index (χ2v) is 6.68. The van der Waals surface area contributed by atoms with Crippen molar-refractivity contribution in [3.63, 3.8) is 0 Å². The van der Waals surface area contributed by atoms with Gasteiger partial charge in [-0.1, -0.05) is 0 Å². The number of methoxy groups -OCH3 is 3. The van der Waals surface area contributed by atoms with E-state index in [-0.39, 0.29) is 12.8 Å². The summed E-state index contributed by atoms with van der Waals surface area (Å²) >= 11 is 0. The van der Waals surface area contributed by atoms with Crippen molar-refractivity contribution >= 4 is 12.1 Å². The zero-order valence-electron chi connectivity index (χ0n) is 16.0. The van der Waals surface area contributed by atoms with Gasteiger partial charge in [0.1, 0.15) is 5.60 Å². The summed E-state index contributed by atoms with van der Waals surface area (Å²) in [6, 6.07) is 2.77. The van der Waals surface area contributed by atoms with Crippen LogP contribution < -0.4 is 19.5 Å². The minimum absolute atomic E-state index is 0.252. The summed E-state index contributed by atoms with van der Waals surface area (Å²) in [6.07, 6.45) is -0.672. The summed E-state index contributed by atoms with van der Waals surface area (Å²) in [5.41, 5.74) is 0.0477. The van der Waals surface area contributed by atoms with Crippen LogP contribution in [0.1, 0.15) is 32.8 Å². The third-order valence-electron chi connectivity index (χ3n) is 3.35. The molecule has 1 rings (SSSR count). The normalized spacial score (nSPS) is 12.1. The highest BCUT2D eigenvalue weighted by Crippen LogP contribution is 2.38. The molecule has 0 radical (unpaired) electrons. The fourth-order valence-corrected chi connectivity index (χ4v) is 2.40. The molecule has 146 valence electrons. The number of ether oxygens (including phenoxy) is 4. The molecular formula is C18H27NO7. The van der Waals surface area contributed by atoms with E-state index >= 15 is 0 Å². The average molecular weight is 369 g/mol. The van der Waals surface area contributed by atoms with Crippen molar-refractivity contribution in [1.29, 1.82) is 0 Å². The van der Waals surface area contributed by atoms with E-state index in [9.17, 15) is 9.59 Å². The number of nitrogens with one attached hydrogen (secondary N) is 1. The molecule has 0 fully saturated rings. The van der Waals surface area contributed by atoms with Crippen molar-refractivity contribution in [2.45, 2.75) is 45.3 Å². The van der Waals surface area contributed by atoms with E-state index in [0.29, 0.717) is 17.2 Å². The lowest BCUT2D eigenvalue weighted by atomic mass is 10.0. The van der Waals surface area contributed by atoms with Crippen molar-refractivity contribution in [3.05, 3.63) is 17.7 Å². The zero-order chi connectivity index (χ0) is 19.9. The maximum Gasteiger partial charge on any atom is 0.407 e. The van der Waals surface area contributed by atoms with Crippen LogP contribution in [-0.4, -0.2) is 50.1 Å². The molecule has 0 aliphatic rings. The topological polar surface area (TPSA) is 103 Å². The minimum Gasteiger partial charge on any atom is -0.493 e. The Morgan fingerprint density at radius 1 is 1.08 bits per heavy atom. The van der Waals surface area contributed by atoms with Crippen LogP contribution in [0.3, 0.4) is 0 Å². The Balaban J connectivity index is 3.03. The lowest BCUT2D eigenvalue weighted by Gasteiger charge is -2.23. The summed E-state index contributed by atoms with van der Waals surface area (Å²) < 4.78 is 21.1. The van der Waals surface area contributed by atoms with Crippen LogP contribution in [-0.2, 0) is 16.0 Å². The minimum atomic E-state index is -1.03. The third kappa shape index (κ3) is 6.70. The summed E-state index contributed by atoms with van der Waals surface area (Å²) in [4.78, 5) is 23.1. The van der Waals surface area contributed by atoms with Crippen LogP contribution in [0.15, 0.2) is 12.1 Å². The molecule has 1 aromatic carbocycles. The van der Waals surface area contributed by atoms with E-state index in [4.69, 9.17) is 24.1 Å². The van der Waals surface area contributed by atoms with Gasteiger partial charge >= 0.3 is 12.1 Å². The van der Waals surface area contributed by atoms with Crippen molar-refractivity contribution in [2.75, 3.05) is 21.3 Å². The van der Waals surface area contributed by atoms with Gasteiger partial charge in [0.25, 0.3) is 0 Å². The lowest BCUT2D eigenvalue weighted by Crippen LogP contribution is -2.41. The number of alkyl carbamates (subject to hydrolysis) is 1. The summed E-state index contributed by atoms with van der Waals surface area (Å²) in [6.45, 7) is 5.20. The molecule has 1 amide bonds. The summed E-state index contributed by atoms with van der Waals surface area (Å²) in [7, 11) is 4.49. The highest BCUT2D eigenvalue weighted by molar-refractivity contribution is 5.71. The Morgan fingerprint density at radius 2 is 1.62 bits per heavy atom. The maximum atomic E-state index is 12.0. The molecule has 2 N–H and O–H groups in total. The van der Waals surface area contributed by atoms with Gasteiger partial charge in [-0.15, -0.1) is 0 Å². The smallest absolute Gasteiger partial charge is 0.407 e. The van der Waals surface area contributed by atoms with Crippen LogP contribution in [0.4, 0.5) is 4.79 Å². The standard InChI is InChI=1S/C18H27NO7/c1-18(2,3)26-17(22)19-12(10-15(20)21)7-11-8-13(23-4)16(25-6)14(9-11)24-5/h8-9,12H,7,10H2,1-6H3,(H,19,22)(H,20,21). The number of carboxylic acids is 1. The van der Waals surface area contributed by atoms with Crippen molar-refractivity contribution in [2.24, 2.45) is 0 Å². The van der Waals surface area contributed by atoms with Gasteiger partial charge in [-0.3, -0.25) is 4.79 Å². The Bertz CT molecular complexity index is 612. The largest absolute Gasteiger partial charge is 0.493 e. The predicted octanol–water partition coefficient (Wildman–Crippen LogP) is 2.62. The molecular weight excluding hydrogens is 342 g/mol. The lowest BCUT2D eigenvalue weighted by molar-refractivity contribution is -0.137. The van der Waals surface area contributed by atoms with Crippen LogP contribution >= 0.6 is 0 Å². The van der Waals surface area contributed by atoms with E-state index in [1.807, 2.05) is 0 Å². The molecule has 1 atom stereocenters. The molecule has 0 aliphatic heterocycles. The Kier molecular flexibility index (Phi) is 7.55. The molecule has 0 heterocycles. The molecule has 0 saturated carbocycles. The number of benzene rings is 1. The summed E-state index contributed by atoms with van der Waals surface area (Å²) in [5.74, 6) is 0.313. The van der Waals surface area contributed by atoms with Crippen molar-refractivity contribution < 1.29 is 33.6 Å². The first-order chi connectivity index (χ1) is 12.1. The van der Waals surface area contributed by atoms with Crippen LogP contribution in [0, 0.1) is 0 Å². The Morgan fingerprint density at radius 3 is 2.00 bits per heavy atom. The number of rotatable bonds is 8. The number of amides is 1. The van der Waals surface area contributed by atoms with Crippen LogP contribution in [0.5, 0.6) is 17.2 Å². The second-order valence-electron chi connectivity index (χ2n) is 6.68. The molecule has 0 spiro atoms. The van der Waals surface area contributed by atoms with Gasteiger partial charge < -0.3 is 29.4 Å². The molecule has 8 heteroatoms. The van der Waals surface area contributed by atoms with Gasteiger partial charge in [-0.25, -0.2) is 4.79 Å². The zero-order valence-corrected chi connectivity index (χ0v) is 16.0. The highest BCUT2D eigenvalue weighted by Gasteiger charge is 2.23. The Hall–Kier alpha value is -2.64. The van der Waals surface area contributed by atoms with E-state index in [1.165, 1.54) is 21.3 Å². The number of carbonyl (C=O) groups excluding carboxylic acids is 1. The molecule has 0 aliphatic carbocycles. The van der Waals surface area contributed by atoms with Gasteiger partial charge in [-0.05, 0) is 44.9 Å². The van der Waals surface area contributed by atoms with Gasteiger partial charge in [0.05, 0.1) is 27.8 Å². The fourth-order valence-electron chi connectivity index (χ4n) is 2.40. The number of hydrogen-bond acceptors (Lipinski definition) is 6. The van der Waals surface area contributed by atoms with Gasteiger partial charge in [0.15, 0.2) is 11.5 Å². The average Bonchev–Trinajstić information content (AvgIpc) is 2.51. The maximum absolute atomic E-state index is 12.0. The van der Waals surface area contributed by atoms with Gasteiger partial charge in [0, 0.05) is 6.04 Å². The monoisotopic (exact) mass is 369 g/mol. The fraction of sp³-hybridized carbons (Fsp3) is 0.556. The quantitative estimate of drug-likeness (QED) is 0.726. The molecule has 26 heavy (non-hydrogen) atoms. The summed E-state index contributed by atoms with van der Waals surface area (Å²) in [5, 5.41) is 11.7. The number of aliphatic carboxylic acids is 1. The molecule has 0 bridgehead atoms. The number of hydrogen-bond donors (Lipinski definition) is 2. The van der Waals surface area contributed by atoms with E-state index < -0.39 is 23.7 Å². The highest BCUT2D eigenvalue weighted by atomic mass is 16.6. The van der Waals surface area contributed by atoms with Crippen molar-refractivity contribution in [1.82, 2.24) is 5.32 Å². The molecule has 0 aromatic heterocycles. The first kappa shape index (κ1) is 21.4. The van der Waals surface area contributed by atoms with Crippen molar-refractivity contribution in [3.8, 4) is 17.2 Å². The van der Waals surface area contributed by atoms with E-state index in [0.717, 1.165) is 5.56 Å². The molecule has 1 unspecified atom stereocenters. The van der Waals surface area contributed by atoms with Crippen LogP contribution in [0.2, 0.25) is 0 Å². The van der Waals surface area contributed by atoms with Crippen LogP contribution in [0.25, 0.3) is 0 Å². The Labute approximate surface area is 153 Å². The van der Waals surface area contributed by atoms with Gasteiger partial charge in [0.2, 0.25) is 5.75 Å². The molecule has 0 saturated heterocycles. The first-order valence-corrected chi connectivity index (χ1v) is 8.09. The number of carbonyl (C=O) groups is 2. The third-order valence-corrected chi connectivity index (χ3v) is 3.35. The second kappa shape index (κ2) is 9.17. The van der Waals surface area contributed by atoms with E-state index in [1.54, 1.807) is 32.9 Å². The number of carboxylic acid groups (broad SMARTS) is 1. The van der Waals surface area contributed by atoms with Gasteiger partial charge in [-0.2, -0.15) is 0 Å². The first-order valence-electron chi connectivity index (χ1n) is 8.09. The molecule has 1 aromatic rings. The SMILES string of the molecule is COc1cc(CC(CC(=O)O)NC(=O)OC(C)(C)C)cc(OC)c1OC. The predicted molar refractivity (Wildman–Crippen MR) is 95.2 cm³/mol. The molecule has 8 nitrogen and oxygen atoms in total.